The first-order valence-corrected chi connectivity index (χ1v) is 6.84. The molecular formula is C15H22N2O. The normalized spacial score (nSPS) is 19.7. The number of carbonyl (C=O) groups excluding carboxylic acids is 1. The first kappa shape index (κ1) is 12.9. The van der Waals surface area contributed by atoms with Crippen LogP contribution in [0.1, 0.15) is 37.0 Å². The summed E-state index contributed by atoms with van der Waals surface area (Å²) in [6.07, 6.45) is 2.37. The van der Waals surface area contributed by atoms with Crippen molar-refractivity contribution in [3.63, 3.8) is 0 Å². The van der Waals surface area contributed by atoms with Gasteiger partial charge in [0.05, 0.1) is 0 Å². The van der Waals surface area contributed by atoms with Crippen molar-refractivity contribution >= 4 is 11.6 Å². The molecule has 1 fully saturated rings. The lowest BCUT2D eigenvalue weighted by Gasteiger charge is -2.31. The summed E-state index contributed by atoms with van der Waals surface area (Å²) in [5, 5.41) is 3.24. The van der Waals surface area contributed by atoms with E-state index in [0.29, 0.717) is 5.92 Å². The molecule has 1 aliphatic rings. The molecule has 1 unspecified atom stereocenters. The number of hydrogen-bond acceptors (Lipinski definition) is 2. The Bertz CT molecular complexity index is 399. The molecule has 2 rings (SSSR count). The van der Waals surface area contributed by atoms with E-state index >= 15 is 0 Å². The van der Waals surface area contributed by atoms with E-state index in [1.807, 2.05) is 29.2 Å². The lowest BCUT2D eigenvalue weighted by atomic mass is 9.99. The lowest BCUT2D eigenvalue weighted by molar-refractivity contribution is 0.0683. The van der Waals surface area contributed by atoms with Crippen LogP contribution in [-0.2, 0) is 0 Å². The number of carbonyl (C=O) groups is 1. The molecule has 1 atom stereocenters. The molecule has 0 saturated carbocycles. The standard InChI is InChI=1S/C15H22N2O/c1-3-16-14-8-6-13(7-9-14)15(18)17-10-4-5-12(2)11-17/h6-9,12,16H,3-5,10-11H2,1-2H3. The van der Waals surface area contributed by atoms with Crippen molar-refractivity contribution in [2.75, 3.05) is 25.0 Å². The molecule has 18 heavy (non-hydrogen) atoms. The van der Waals surface area contributed by atoms with Crippen LogP contribution in [0.25, 0.3) is 0 Å². The number of hydrogen-bond donors (Lipinski definition) is 1. The topological polar surface area (TPSA) is 32.3 Å². The summed E-state index contributed by atoms with van der Waals surface area (Å²) in [5.74, 6) is 0.799. The van der Waals surface area contributed by atoms with Gasteiger partial charge in [-0.25, -0.2) is 0 Å². The fourth-order valence-electron chi connectivity index (χ4n) is 2.49. The van der Waals surface area contributed by atoms with Gasteiger partial charge in [-0.2, -0.15) is 0 Å². The van der Waals surface area contributed by atoms with Gasteiger partial charge in [0, 0.05) is 30.9 Å². The van der Waals surface area contributed by atoms with Crippen LogP contribution in [-0.4, -0.2) is 30.4 Å². The third-order valence-corrected chi connectivity index (χ3v) is 3.46. The van der Waals surface area contributed by atoms with Crippen LogP contribution in [0.3, 0.4) is 0 Å². The van der Waals surface area contributed by atoms with Gasteiger partial charge in [0.25, 0.3) is 5.91 Å². The predicted molar refractivity (Wildman–Crippen MR) is 74.9 cm³/mol. The second-order valence-corrected chi connectivity index (χ2v) is 5.11. The van der Waals surface area contributed by atoms with Crippen LogP contribution in [0.15, 0.2) is 24.3 Å². The van der Waals surface area contributed by atoms with Crippen molar-refractivity contribution in [3.8, 4) is 0 Å². The van der Waals surface area contributed by atoms with E-state index in [1.165, 1.54) is 6.42 Å². The number of anilines is 1. The van der Waals surface area contributed by atoms with Crippen molar-refractivity contribution in [1.82, 2.24) is 4.90 Å². The smallest absolute Gasteiger partial charge is 0.253 e. The van der Waals surface area contributed by atoms with Crippen LogP contribution >= 0.6 is 0 Å². The van der Waals surface area contributed by atoms with Crippen molar-refractivity contribution in [2.45, 2.75) is 26.7 Å². The average Bonchev–Trinajstić information content (AvgIpc) is 2.39. The maximum absolute atomic E-state index is 12.3. The number of benzene rings is 1. The number of nitrogens with one attached hydrogen (secondary N) is 1. The third kappa shape index (κ3) is 3.03. The molecule has 1 amide bonds. The Hall–Kier alpha value is -1.51. The highest BCUT2D eigenvalue weighted by Crippen LogP contribution is 2.18. The zero-order valence-corrected chi connectivity index (χ0v) is 11.3. The van der Waals surface area contributed by atoms with Gasteiger partial charge in [-0.05, 0) is 49.9 Å². The second-order valence-electron chi connectivity index (χ2n) is 5.11. The maximum atomic E-state index is 12.3. The summed E-state index contributed by atoms with van der Waals surface area (Å²) in [6.45, 7) is 6.98. The molecule has 0 aliphatic carbocycles. The van der Waals surface area contributed by atoms with Crippen LogP contribution in [0.2, 0.25) is 0 Å². The summed E-state index contributed by atoms with van der Waals surface area (Å²) < 4.78 is 0. The Morgan fingerprint density at radius 3 is 2.72 bits per heavy atom. The van der Waals surface area contributed by atoms with Crippen LogP contribution in [0, 0.1) is 5.92 Å². The fourth-order valence-corrected chi connectivity index (χ4v) is 2.49. The Kier molecular flexibility index (Phi) is 4.24. The largest absolute Gasteiger partial charge is 0.385 e. The molecule has 1 N–H and O–H groups in total. The van der Waals surface area contributed by atoms with Gasteiger partial charge in [0.15, 0.2) is 0 Å². The zero-order valence-electron chi connectivity index (χ0n) is 11.3. The van der Waals surface area contributed by atoms with E-state index < -0.39 is 0 Å². The Labute approximate surface area is 109 Å². The minimum Gasteiger partial charge on any atom is -0.385 e. The summed E-state index contributed by atoms with van der Waals surface area (Å²) >= 11 is 0. The molecule has 1 saturated heterocycles. The maximum Gasteiger partial charge on any atom is 0.253 e. The number of likely N-dealkylation sites (tertiary alicyclic amines) is 1. The van der Waals surface area contributed by atoms with Crippen LogP contribution in [0.4, 0.5) is 5.69 Å². The molecule has 0 spiro atoms. The molecule has 1 aliphatic heterocycles. The fraction of sp³-hybridized carbons (Fsp3) is 0.533. The summed E-state index contributed by atoms with van der Waals surface area (Å²) in [4.78, 5) is 14.3. The van der Waals surface area contributed by atoms with E-state index in [0.717, 1.165) is 37.3 Å². The molecule has 98 valence electrons. The van der Waals surface area contributed by atoms with Gasteiger partial charge in [-0.15, -0.1) is 0 Å². The minimum atomic E-state index is 0.171. The first-order chi connectivity index (χ1) is 8.70. The third-order valence-electron chi connectivity index (χ3n) is 3.46. The Balaban J connectivity index is 2.03. The first-order valence-electron chi connectivity index (χ1n) is 6.84. The van der Waals surface area contributed by atoms with Gasteiger partial charge in [0.2, 0.25) is 0 Å². The zero-order chi connectivity index (χ0) is 13.0. The molecular weight excluding hydrogens is 224 g/mol. The highest BCUT2D eigenvalue weighted by molar-refractivity contribution is 5.94. The molecule has 0 bridgehead atoms. The van der Waals surface area contributed by atoms with Crippen molar-refractivity contribution in [2.24, 2.45) is 5.92 Å². The van der Waals surface area contributed by atoms with Gasteiger partial charge >= 0.3 is 0 Å². The molecule has 3 nitrogen and oxygen atoms in total. The van der Waals surface area contributed by atoms with E-state index in [1.54, 1.807) is 0 Å². The SMILES string of the molecule is CCNc1ccc(C(=O)N2CCCC(C)C2)cc1. The summed E-state index contributed by atoms with van der Waals surface area (Å²) in [6, 6.07) is 7.79. The molecule has 1 aromatic rings. The molecule has 1 heterocycles. The minimum absolute atomic E-state index is 0.171. The Morgan fingerprint density at radius 1 is 1.39 bits per heavy atom. The lowest BCUT2D eigenvalue weighted by Crippen LogP contribution is -2.39. The average molecular weight is 246 g/mol. The summed E-state index contributed by atoms with van der Waals surface area (Å²) in [7, 11) is 0. The van der Waals surface area contributed by atoms with Crippen molar-refractivity contribution < 1.29 is 4.79 Å². The number of rotatable bonds is 3. The highest BCUT2D eigenvalue weighted by Gasteiger charge is 2.21. The van der Waals surface area contributed by atoms with Crippen molar-refractivity contribution in [3.05, 3.63) is 29.8 Å². The van der Waals surface area contributed by atoms with Gasteiger partial charge in [-0.3, -0.25) is 4.79 Å². The number of amides is 1. The monoisotopic (exact) mass is 246 g/mol. The van der Waals surface area contributed by atoms with E-state index in [2.05, 4.69) is 19.2 Å². The predicted octanol–water partition coefficient (Wildman–Crippen LogP) is 2.99. The molecule has 0 radical (unpaired) electrons. The highest BCUT2D eigenvalue weighted by atomic mass is 16.2. The second kappa shape index (κ2) is 5.89. The van der Waals surface area contributed by atoms with Crippen molar-refractivity contribution in [1.29, 1.82) is 0 Å². The van der Waals surface area contributed by atoms with Gasteiger partial charge < -0.3 is 10.2 Å². The van der Waals surface area contributed by atoms with Gasteiger partial charge in [0.1, 0.15) is 0 Å². The van der Waals surface area contributed by atoms with E-state index in [-0.39, 0.29) is 5.91 Å². The van der Waals surface area contributed by atoms with E-state index in [9.17, 15) is 4.79 Å². The quantitative estimate of drug-likeness (QED) is 0.889. The number of nitrogens with zero attached hydrogens (tertiary/aromatic N) is 1. The molecule has 3 heteroatoms. The Morgan fingerprint density at radius 2 is 2.11 bits per heavy atom. The molecule has 0 aromatic heterocycles. The molecule has 1 aromatic carbocycles. The van der Waals surface area contributed by atoms with E-state index in [4.69, 9.17) is 0 Å². The van der Waals surface area contributed by atoms with Gasteiger partial charge in [-0.1, -0.05) is 6.92 Å². The summed E-state index contributed by atoms with van der Waals surface area (Å²) in [5.41, 5.74) is 1.87. The van der Waals surface area contributed by atoms with Crippen LogP contribution in [0.5, 0.6) is 0 Å². The van der Waals surface area contributed by atoms with Crippen LogP contribution < -0.4 is 5.32 Å². The number of piperidine rings is 1.